The summed E-state index contributed by atoms with van der Waals surface area (Å²) in [7, 11) is 0. The molecular formula is C10H18N4O. The third-order valence-corrected chi connectivity index (χ3v) is 1.93. The molecule has 0 saturated heterocycles. The van der Waals surface area contributed by atoms with E-state index in [-0.39, 0.29) is 0 Å². The van der Waals surface area contributed by atoms with Crippen LogP contribution in [0, 0.1) is 0 Å². The van der Waals surface area contributed by atoms with E-state index in [2.05, 4.69) is 22.2 Å². The minimum atomic E-state index is 0.305. The van der Waals surface area contributed by atoms with Gasteiger partial charge >= 0.3 is 0 Å². The number of nitrogens with one attached hydrogen (secondary N) is 1. The number of nitrogens with zero attached hydrogens (tertiary/aromatic N) is 2. The average molecular weight is 210 g/mol. The van der Waals surface area contributed by atoms with E-state index in [1.54, 1.807) is 6.07 Å². The first-order valence-electron chi connectivity index (χ1n) is 5.17. The Balaban J connectivity index is 2.56. The highest BCUT2D eigenvalue weighted by atomic mass is 16.5. The summed E-state index contributed by atoms with van der Waals surface area (Å²) in [6.45, 7) is 5.26. The van der Waals surface area contributed by atoms with Crippen molar-refractivity contribution in [2.75, 3.05) is 18.5 Å². The number of anilines is 1. The fraction of sp³-hybridized carbons (Fsp3) is 0.600. The van der Waals surface area contributed by atoms with Crippen LogP contribution >= 0.6 is 0 Å². The van der Waals surface area contributed by atoms with Crippen LogP contribution in [0.2, 0.25) is 0 Å². The van der Waals surface area contributed by atoms with Crippen LogP contribution in [-0.4, -0.2) is 29.2 Å². The number of hydrogen-bond donors (Lipinski definition) is 2. The molecule has 0 aromatic carbocycles. The molecule has 0 radical (unpaired) electrons. The molecule has 0 aliphatic carbocycles. The van der Waals surface area contributed by atoms with Crippen molar-refractivity contribution in [3.8, 4) is 5.88 Å². The molecule has 0 aliphatic heterocycles. The Hall–Kier alpha value is -1.36. The van der Waals surface area contributed by atoms with Gasteiger partial charge in [-0.15, -0.1) is 0 Å². The average Bonchev–Trinajstić information content (AvgIpc) is 2.19. The van der Waals surface area contributed by atoms with Crippen LogP contribution in [-0.2, 0) is 0 Å². The first-order valence-corrected chi connectivity index (χ1v) is 5.17. The molecule has 5 heteroatoms. The minimum Gasteiger partial charge on any atom is -0.478 e. The van der Waals surface area contributed by atoms with Crippen molar-refractivity contribution >= 4 is 5.82 Å². The van der Waals surface area contributed by atoms with E-state index in [4.69, 9.17) is 10.5 Å². The number of nitrogens with two attached hydrogens (primary N) is 1. The molecule has 1 aromatic heterocycles. The van der Waals surface area contributed by atoms with E-state index in [0.717, 1.165) is 12.2 Å². The maximum atomic E-state index is 5.46. The molecule has 1 aromatic rings. The number of aromatic nitrogens is 2. The second-order valence-corrected chi connectivity index (χ2v) is 3.30. The van der Waals surface area contributed by atoms with Gasteiger partial charge in [0.1, 0.15) is 12.1 Å². The van der Waals surface area contributed by atoms with Gasteiger partial charge in [0, 0.05) is 12.1 Å². The molecule has 0 amide bonds. The van der Waals surface area contributed by atoms with Gasteiger partial charge in [0.2, 0.25) is 5.88 Å². The zero-order valence-electron chi connectivity index (χ0n) is 9.23. The van der Waals surface area contributed by atoms with Crippen LogP contribution in [0.4, 0.5) is 5.82 Å². The number of hydrogen-bond acceptors (Lipinski definition) is 5. The summed E-state index contributed by atoms with van der Waals surface area (Å²) < 4.78 is 5.27. The van der Waals surface area contributed by atoms with Gasteiger partial charge in [0.15, 0.2) is 0 Å². The quantitative estimate of drug-likeness (QED) is 0.733. The molecular weight excluding hydrogens is 192 g/mol. The van der Waals surface area contributed by atoms with E-state index < -0.39 is 0 Å². The number of rotatable bonds is 6. The summed E-state index contributed by atoms with van der Waals surface area (Å²) >= 11 is 0. The zero-order valence-corrected chi connectivity index (χ0v) is 9.23. The molecule has 84 valence electrons. The fourth-order valence-corrected chi connectivity index (χ4v) is 1.22. The smallest absolute Gasteiger partial charge is 0.218 e. The molecule has 1 unspecified atom stereocenters. The summed E-state index contributed by atoms with van der Waals surface area (Å²) in [5, 5.41) is 3.23. The van der Waals surface area contributed by atoms with Crippen molar-refractivity contribution in [3.63, 3.8) is 0 Å². The van der Waals surface area contributed by atoms with Gasteiger partial charge in [-0.1, -0.05) is 0 Å². The van der Waals surface area contributed by atoms with Crippen molar-refractivity contribution in [1.29, 1.82) is 0 Å². The largest absolute Gasteiger partial charge is 0.478 e. The predicted octanol–water partition coefficient (Wildman–Crippen LogP) is 1.02. The maximum Gasteiger partial charge on any atom is 0.218 e. The normalized spacial score (nSPS) is 12.2. The molecule has 15 heavy (non-hydrogen) atoms. The lowest BCUT2D eigenvalue weighted by Crippen LogP contribution is -2.20. The lowest BCUT2D eigenvalue weighted by molar-refractivity contribution is 0.326. The topological polar surface area (TPSA) is 73.1 Å². The van der Waals surface area contributed by atoms with Crippen LogP contribution in [0.5, 0.6) is 5.88 Å². The second kappa shape index (κ2) is 6.19. The lowest BCUT2D eigenvalue weighted by Gasteiger charge is -2.13. The molecule has 1 heterocycles. The van der Waals surface area contributed by atoms with Gasteiger partial charge in [-0.3, -0.25) is 0 Å². The molecule has 1 rings (SSSR count). The third kappa shape index (κ3) is 4.12. The van der Waals surface area contributed by atoms with Crippen LogP contribution < -0.4 is 15.8 Å². The molecule has 0 bridgehead atoms. The number of ether oxygens (including phenoxy) is 1. The summed E-state index contributed by atoms with van der Waals surface area (Å²) in [6.07, 6.45) is 2.40. The summed E-state index contributed by atoms with van der Waals surface area (Å²) in [5.74, 6) is 1.37. The first kappa shape index (κ1) is 11.7. The van der Waals surface area contributed by atoms with Crippen molar-refractivity contribution in [2.45, 2.75) is 26.3 Å². The highest BCUT2D eigenvalue weighted by molar-refractivity contribution is 5.37. The summed E-state index contributed by atoms with van der Waals surface area (Å²) in [6, 6.07) is 2.09. The fourth-order valence-electron chi connectivity index (χ4n) is 1.22. The Kier molecular flexibility index (Phi) is 4.83. The maximum absolute atomic E-state index is 5.46. The first-order chi connectivity index (χ1) is 7.26. The third-order valence-electron chi connectivity index (χ3n) is 1.93. The van der Waals surface area contributed by atoms with Crippen molar-refractivity contribution < 1.29 is 4.74 Å². The van der Waals surface area contributed by atoms with Crippen LogP contribution in [0.1, 0.15) is 20.3 Å². The van der Waals surface area contributed by atoms with E-state index in [1.165, 1.54) is 6.33 Å². The molecule has 0 saturated carbocycles. The molecule has 0 aliphatic rings. The van der Waals surface area contributed by atoms with Gasteiger partial charge in [0.05, 0.1) is 6.61 Å². The second-order valence-electron chi connectivity index (χ2n) is 3.30. The Morgan fingerprint density at radius 2 is 2.33 bits per heavy atom. The minimum absolute atomic E-state index is 0.305. The molecule has 0 fully saturated rings. The van der Waals surface area contributed by atoms with Crippen LogP contribution in [0.15, 0.2) is 12.4 Å². The Morgan fingerprint density at radius 3 is 3.00 bits per heavy atom. The van der Waals surface area contributed by atoms with Crippen LogP contribution in [0.3, 0.4) is 0 Å². The summed E-state index contributed by atoms with van der Waals surface area (Å²) in [5.41, 5.74) is 5.46. The van der Waals surface area contributed by atoms with Gasteiger partial charge in [-0.2, -0.15) is 0 Å². The van der Waals surface area contributed by atoms with Crippen molar-refractivity contribution in [1.82, 2.24) is 9.97 Å². The zero-order chi connectivity index (χ0) is 11.1. The molecule has 1 atom stereocenters. The Bertz CT molecular complexity index is 293. The van der Waals surface area contributed by atoms with E-state index in [1.807, 2.05) is 6.92 Å². The van der Waals surface area contributed by atoms with Crippen molar-refractivity contribution in [2.24, 2.45) is 5.73 Å². The monoisotopic (exact) mass is 210 g/mol. The van der Waals surface area contributed by atoms with E-state index >= 15 is 0 Å². The standard InChI is InChI=1S/C10H18N4O/c1-3-15-10-6-9(12-7-13-10)14-8(2)4-5-11/h6-8H,3-5,11H2,1-2H3,(H,12,13,14). The Morgan fingerprint density at radius 1 is 1.53 bits per heavy atom. The molecule has 0 spiro atoms. The van der Waals surface area contributed by atoms with Gasteiger partial charge < -0.3 is 15.8 Å². The highest BCUT2D eigenvalue weighted by Gasteiger charge is 2.03. The van der Waals surface area contributed by atoms with E-state index in [0.29, 0.717) is 25.1 Å². The summed E-state index contributed by atoms with van der Waals surface area (Å²) in [4.78, 5) is 8.09. The molecule has 5 nitrogen and oxygen atoms in total. The van der Waals surface area contributed by atoms with Gasteiger partial charge in [-0.25, -0.2) is 9.97 Å². The van der Waals surface area contributed by atoms with Gasteiger partial charge in [-0.05, 0) is 26.8 Å². The van der Waals surface area contributed by atoms with E-state index in [9.17, 15) is 0 Å². The molecule has 3 N–H and O–H groups in total. The van der Waals surface area contributed by atoms with Crippen LogP contribution in [0.25, 0.3) is 0 Å². The van der Waals surface area contributed by atoms with Gasteiger partial charge in [0.25, 0.3) is 0 Å². The lowest BCUT2D eigenvalue weighted by atomic mass is 10.2. The Labute approximate surface area is 90.1 Å². The SMILES string of the molecule is CCOc1cc(NC(C)CCN)ncn1. The predicted molar refractivity (Wildman–Crippen MR) is 60.0 cm³/mol. The highest BCUT2D eigenvalue weighted by Crippen LogP contribution is 2.12. The van der Waals surface area contributed by atoms with Crippen molar-refractivity contribution in [3.05, 3.63) is 12.4 Å².